The molecule has 10 heteroatoms. The number of hydrogen-bond acceptors (Lipinski definition) is 10. The van der Waals surface area contributed by atoms with Crippen LogP contribution < -0.4 is 11.5 Å². The Morgan fingerprint density at radius 1 is 0.952 bits per heavy atom. The molecule has 2 saturated heterocycles. The maximum Gasteiger partial charge on any atom is 0.184 e. The van der Waals surface area contributed by atoms with Gasteiger partial charge in [-0.3, -0.25) is 0 Å². The summed E-state index contributed by atoms with van der Waals surface area (Å²) in [6.45, 7) is -0.563. The van der Waals surface area contributed by atoms with E-state index in [-0.39, 0.29) is 6.54 Å². The zero-order valence-corrected chi connectivity index (χ0v) is 11.2. The van der Waals surface area contributed by atoms with Crippen LogP contribution in [0.15, 0.2) is 0 Å². The van der Waals surface area contributed by atoms with E-state index in [4.69, 9.17) is 30.8 Å². The molecule has 2 rings (SSSR count). The second-order valence-corrected chi connectivity index (χ2v) is 5.18. The minimum Gasteiger partial charge on any atom is -0.394 e. The third-order valence-electron chi connectivity index (χ3n) is 3.76. The Morgan fingerprint density at radius 2 is 1.62 bits per heavy atom. The molecule has 21 heavy (non-hydrogen) atoms. The summed E-state index contributed by atoms with van der Waals surface area (Å²) in [4.78, 5) is 0. The summed E-state index contributed by atoms with van der Waals surface area (Å²) in [5.41, 5.74) is 11.2. The zero-order valence-electron chi connectivity index (χ0n) is 11.2. The first-order valence-electron chi connectivity index (χ1n) is 6.65. The van der Waals surface area contributed by atoms with Crippen molar-refractivity contribution in [2.45, 2.75) is 55.2 Å². The first-order chi connectivity index (χ1) is 9.90. The zero-order chi connectivity index (χ0) is 15.7. The molecule has 0 aromatic rings. The summed E-state index contributed by atoms with van der Waals surface area (Å²) in [5, 5.41) is 47.9. The first kappa shape index (κ1) is 17.0. The lowest BCUT2D eigenvalue weighted by molar-refractivity contribution is -0.280. The van der Waals surface area contributed by atoms with Crippen LogP contribution in [0.1, 0.15) is 0 Å². The van der Waals surface area contributed by atoms with Gasteiger partial charge >= 0.3 is 0 Å². The summed E-state index contributed by atoms with van der Waals surface area (Å²) >= 11 is 0. The Balaban J connectivity index is 2.07. The molecule has 0 spiro atoms. The fourth-order valence-electron chi connectivity index (χ4n) is 2.46. The van der Waals surface area contributed by atoms with Gasteiger partial charge in [-0.2, -0.15) is 0 Å². The molecule has 0 aromatic heterocycles. The minimum atomic E-state index is -1.51. The van der Waals surface area contributed by atoms with Gasteiger partial charge in [0.15, 0.2) is 12.6 Å². The summed E-state index contributed by atoms with van der Waals surface area (Å²) in [6.07, 6.45) is -9.62. The van der Waals surface area contributed by atoms with Gasteiger partial charge in [0, 0.05) is 6.54 Å². The molecule has 0 saturated carbocycles. The van der Waals surface area contributed by atoms with E-state index in [0.717, 1.165) is 0 Å². The Kier molecular flexibility index (Phi) is 5.48. The van der Waals surface area contributed by atoms with E-state index in [1.165, 1.54) is 0 Å². The molecular weight excluding hydrogens is 288 g/mol. The van der Waals surface area contributed by atoms with Gasteiger partial charge in [-0.1, -0.05) is 0 Å². The maximum absolute atomic E-state index is 9.85. The van der Waals surface area contributed by atoms with Crippen molar-refractivity contribution in [2.24, 2.45) is 11.5 Å². The molecule has 9 atom stereocenters. The Morgan fingerprint density at radius 3 is 2.19 bits per heavy atom. The molecule has 0 aromatic carbocycles. The lowest BCUT2D eigenvalue weighted by atomic mass is 9.97. The lowest BCUT2D eigenvalue weighted by Gasteiger charge is -2.42. The van der Waals surface area contributed by atoms with Gasteiger partial charge in [0.1, 0.15) is 36.6 Å². The molecule has 0 bridgehead atoms. The summed E-state index contributed by atoms with van der Waals surface area (Å²) < 4.78 is 15.7. The predicted molar refractivity (Wildman–Crippen MR) is 66.5 cm³/mol. The van der Waals surface area contributed by atoms with Crippen molar-refractivity contribution in [3.8, 4) is 0 Å². The third kappa shape index (κ3) is 3.19. The average molecular weight is 310 g/mol. The maximum atomic E-state index is 9.85. The molecule has 2 fully saturated rings. The van der Waals surface area contributed by atoms with Gasteiger partial charge in [0.25, 0.3) is 0 Å². The number of aliphatic hydroxyl groups is 5. The van der Waals surface area contributed by atoms with Crippen LogP contribution in [0, 0.1) is 0 Å². The first-order valence-corrected chi connectivity index (χ1v) is 6.65. The third-order valence-corrected chi connectivity index (χ3v) is 3.76. The molecule has 2 aliphatic rings. The monoisotopic (exact) mass is 310 g/mol. The van der Waals surface area contributed by atoms with Crippen LogP contribution in [0.2, 0.25) is 0 Å². The van der Waals surface area contributed by atoms with Crippen LogP contribution >= 0.6 is 0 Å². The van der Waals surface area contributed by atoms with E-state index in [1.807, 2.05) is 0 Å². The van der Waals surface area contributed by atoms with E-state index in [9.17, 15) is 20.4 Å². The quantitative estimate of drug-likeness (QED) is 0.266. The van der Waals surface area contributed by atoms with E-state index < -0.39 is 61.9 Å². The second-order valence-electron chi connectivity index (χ2n) is 5.18. The van der Waals surface area contributed by atoms with Crippen molar-refractivity contribution in [1.29, 1.82) is 0 Å². The molecule has 0 unspecified atom stereocenters. The molecule has 0 radical (unpaired) electrons. The molecule has 2 heterocycles. The Bertz CT molecular complexity index is 346. The van der Waals surface area contributed by atoms with Crippen LogP contribution in [0.3, 0.4) is 0 Å². The highest BCUT2D eigenvalue weighted by molar-refractivity contribution is 4.94. The van der Waals surface area contributed by atoms with Crippen molar-refractivity contribution < 1.29 is 39.7 Å². The molecule has 124 valence electrons. The number of ether oxygens (including phenoxy) is 3. The number of rotatable bonds is 4. The van der Waals surface area contributed by atoms with Crippen molar-refractivity contribution in [3.63, 3.8) is 0 Å². The topological polar surface area (TPSA) is 181 Å². The van der Waals surface area contributed by atoms with E-state index in [2.05, 4.69) is 0 Å². The molecule has 10 nitrogen and oxygen atoms in total. The van der Waals surface area contributed by atoms with Crippen LogP contribution in [0.25, 0.3) is 0 Å². The summed E-state index contributed by atoms with van der Waals surface area (Å²) in [7, 11) is 0. The number of aliphatic hydroxyl groups excluding tert-OH is 5. The van der Waals surface area contributed by atoms with E-state index in [1.54, 1.807) is 0 Å². The highest BCUT2D eigenvalue weighted by atomic mass is 16.7. The van der Waals surface area contributed by atoms with Crippen molar-refractivity contribution in [1.82, 2.24) is 0 Å². The fourth-order valence-corrected chi connectivity index (χ4v) is 2.46. The highest BCUT2D eigenvalue weighted by Crippen LogP contribution is 2.27. The number of hydrogen-bond donors (Lipinski definition) is 7. The van der Waals surface area contributed by atoms with Gasteiger partial charge in [0.05, 0.1) is 12.6 Å². The average Bonchev–Trinajstić information content (AvgIpc) is 2.75. The minimum absolute atomic E-state index is 0.0689. The summed E-state index contributed by atoms with van der Waals surface area (Å²) in [6, 6.07) is -1.09. The SMILES string of the molecule is NC[C@@H]1O[C@H](O[C@H]2[C@@H](O)[C@H](O)O[C@@H]2CO)[C@H](N)[C@@H](O)[C@@H]1O. The van der Waals surface area contributed by atoms with E-state index in [0.29, 0.717) is 0 Å². The lowest BCUT2D eigenvalue weighted by Crippen LogP contribution is -2.64. The summed E-state index contributed by atoms with van der Waals surface area (Å²) in [5.74, 6) is 0. The standard InChI is InChI=1S/C11H22N2O8/c12-1-3-6(15)7(16)5(13)11(20-3)21-9-4(2-14)19-10(18)8(9)17/h3-11,14-18H,1-2,12-13H2/t3-,4+,5+,6+,7+,8+,9+,10+,11+/m0/s1. The van der Waals surface area contributed by atoms with Crippen LogP contribution in [0.5, 0.6) is 0 Å². The van der Waals surface area contributed by atoms with Gasteiger partial charge < -0.3 is 51.2 Å². The molecule has 9 N–H and O–H groups in total. The highest BCUT2D eigenvalue weighted by Gasteiger charge is 2.49. The molecule has 0 aliphatic carbocycles. The van der Waals surface area contributed by atoms with Crippen molar-refractivity contribution >= 4 is 0 Å². The molecule has 2 aliphatic heterocycles. The smallest absolute Gasteiger partial charge is 0.184 e. The molecule has 0 amide bonds. The Hall–Kier alpha value is -0.400. The Labute approximate surface area is 120 Å². The van der Waals surface area contributed by atoms with Gasteiger partial charge in [-0.25, -0.2) is 0 Å². The van der Waals surface area contributed by atoms with Gasteiger partial charge in [-0.15, -0.1) is 0 Å². The normalized spacial score (nSPS) is 51.3. The fraction of sp³-hybridized carbons (Fsp3) is 1.00. The van der Waals surface area contributed by atoms with Crippen molar-refractivity contribution in [2.75, 3.05) is 13.2 Å². The van der Waals surface area contributed by atoms with Gasteiger partial charge in [0.2, 0.25) is 0 Å². The largest absolute Gasteiger partial charge is 0.394 e. The molecular formula is C11H22N2O8. The van der Waals surface area contributed by atoms with Crippen LogP contribution in [-0.4, -0.2) is 93.9 Å². The van der Waals surface area contributed by atoms with Crippen molar-refractivity contribution in [3.05, 3.63) is 0 Å². The van der Waals surface area contributed by atoms with Crippen LogP contribution in [0.4, 0.5) is 0 Å². The predicted octanol–water partition coefficient (Wildman–Crippen LogP) is -4.83. The van der Waals surface area contributed by atoms with Crippen LogP contribution in [-0.2, 0) is 14.2 Å². The number of nitrogens with two attached hydrogens (primary N) is 2. The second kappa shape index (κ2) is 6.79. The van der Waals surface area contributed by atoms with E-state index >= 15 is 0 Å². The van der Waals surface area contributed by atoms with Gasteiger partial charge in [-0.05, 0) is 0 Å².